The zero-order valence-corrected chi connectivity index (χ0v) is 34.1. The van der Waals surface area contributed by atoms with Crippen LogP contribution in [0.15, 0.2) is 255 Å². The van der Waals surface area contributed by atoms with Crippen molar-refractivity contribution in [3.05, 3.63) is 255 Å². The van der Waals surface area contributed by atoms with Crippen molar-refractivity contribution in [1.29, 1.82) is 0 Å². The quantitative estimate of drug-likeness (QED) is 0.141. The van der Waals surface area contributed by atoms with E-state index in [-0.39, 0.29) is 0 Å². The van der Waals surface area contributed by atoms with Crippen LogP contribution in [-0.4, -0.2) is 4.57 Å². The topological polar surface area (TPSA) is 8.17 Å². The van der Waals surface area contributed by atoms with Crippen molar-refractivity contribution >= 4 is 38.9 Å². The molecule has 0 spiro atoms. The van der Waals surface area contributed by atoms with Crippen LogP contribution < -0.4 is 4.90 Å². The summed E-state index contributed by atoms with van der Waals surface area (Å²) in [6.07, 6.45) is 0. The van der Waals surface area contributed by atoms with Crippen molar-refractivity contribution in [2.24, 2.45) is 0 Å². The highest BCUT2D eigenvalue weighted by Crippen LogP contribution is 2.39. The van der Waals surface area contributed by atoms with Gasteiger partial charge in [0.1, 0.15) is 0 Å². The lowest BCUT2D eigenvalue weighted by atomic mass is 9.97. The summed E-state index contributed by atoms with van der Waals surface area (Å²) in [4.78, 5) is 2.31. The maximum Gasteiger partial charge on any atom is 0.0541 e. The van der Waals surface area contributed by atoms with Crippen LogP contribution >= 0.6 is 0 Å². The van der Waals surface area contributed by atoms with E-state index in [9.17, 15) is 0 Å². The first kappa shape index (κ1) is 36.8. The Labute approximate surface area is 362 Å². The molecule has 292 valence electrons. The Morgan fingerprint density at radius 1 is 0.226 bits per heavy atom. The number of rotatable bonds is 9. The van der Waals surface area contributed by atoms with E-state index in [2.05, 4.69) is 264 Å². The van der Waals surface area contributed by atoms with Crippen LogP contribution in [0.4, 0.5) is 17.1 Å². The van der Waals surface area contributed by atoms with Gasteiger partial charge in [-0.1, -0.05) is 182 Å². The van der Waals surface area contributed by atoms with Crippen LogP contribution in [0.3, 0.4) is 0 Å². The SMILES string of the molecule is c1ccc(-c2ccc(N(c3ccccc3)c3ccc(-c4ccc(-c5ccc(-c6ccc7c(c6)c6cc(-c8ccccc8)ccc6n7-c6ccccc6)cc5)cc4)cc3)cc2)cc1. The zero-order valence-electron chi connectivity index (χ0n) is 34.1. The molecule has 1 heterocycles. The first-order chi connectivity index (χ1) is 30.7. The van der Waals surface area contributed by atoms with Gasteiger partial charge in [-0.15, -0.1) is 0 Å². The summed E-state index contributed by atoms with van der Waals surface area (Å²) in [7, 11) is 0. The number of hydrogen-bond acceptors (Lipinski definition) is 1. The van der Waals surface area contributed by atoms with Gasteiger partial charge in [0.25, 0.3) is 0 Å². The number of nitrogens with zero attached hydrogens (tertiary/aromatic N) is 2. The summed E-state index contributed by atoms with van der Waals surface area (Å²) in [6.45, 7) is 0. The lowest BCUT2D eigenvalue weighted by Gasteiger charge is -2.26. The smallest absolute Gasteiger partial charge is 0.0541 e. The van der Waals surface area contributed by atoms with Gasteiger partial charge in [-0.3, -0.25) is 0 Å². The molecular formula is C60H42N2. The molecule has 0 fully saturated rings. The van der Waals surface area contributed by atoms with Crippen LogP contribution in [0, 0.1) is 0 Å². The minimum atomic E-state index is 1.11. The highest BCUT2D eigenvalue weighted by atomic mass is 15.1. The molecule has 11 rings (SSSR count). The monoisotopic (exact) mass is 790 g/mol. The molecule has 2 heteroatoms. The van der Waals surface area contributed by atoms with Crippen LogP contribution in [0.2, 0.25) is 0 Å². The molecule has 0 bridgehead atoms. The second kappa shape index (κ2) is 16.1. The molecule has 0 atom stereocenters. The predicted octanol–water partition coefficient (Wildman–Crippen LogP) is 16.6. The Bertz CT molecular complexity index is 3260. The van der Waals surface area contributed by atoms with Gasteiger partial charge in [0.15, 0.2) is 0 Å². The highest BCUT2D eigenvalue weighted by Gasteiger charge is 2.16. The van der Waals surface area contributed by atoms with Crippen LogP contribution in [0.1, 0.15) is 0 Å². The molecule has 0 N–H and O–H groups in total. The molecule has 62 heavy (non-hydrogen) atoms. The Morgan fingerprint density at radius 3 is 0.903 bits per heavy atom. The summed E-state index contributed by atoms with van der Waals surface area (Å²) in [6, 6.07) is 91.8. The Balaban J connectivity index is 0.857. The average molecular weight is 791 g/mol. The molecular weight excluding hydrogens is 749 g/mol. The molecule has 2 nitrogen and oxygen atoms in total. The first-order valence-corrected chi connectivity index (χ1v) is 21.2. The predicted molar refractivity (Wildman–Crippen MR) is 263 cm³/mol. The van der Waals surface area contributed by atoms with Gasteiger partial charge < -0.3 is 9.47 Å². The molecule has 0 amide bonds. The van der Waals surface area contributed by atoms with Crippen LogP contribution in [0.5, 0.6) is 0 Å². The fourth-order valence-electron chi connectivity index (χ4n) is 8.84. The van der Waals surface area contributed by atoms with Crippen molar-refractivity contribution < 1.29 is 0 Å². The minimum Gasteiger partial charge on any atom is -0.311 e. The molecule has 0 radical (unpaired) electrons. The van der Waals surface area contributed by atoms with Crippen LogP contribution in [0.25, 0.3) is 83.1 Å². The molecule has 1 aromatic heterocycles. The molecule has 11 aromatic rings. The zero-order chi connectivity index (χ0) is 41.2. The Hall–Kier alpha value is -8.20. The maximum atomic E-state index is 2.38. The largest absolute Gasteiger partial charge is 0.311 e. The number of fused-ring (bicyclic) bond motifs is 3. The summed E-state index contributed by atoms with van der Waals surface area (Å²) < 4.78 is 2.38. The third kappa shape index (κ3) is 7.04. The van der Waals surface area contributed by atoms with Crippen LogP contribution in [-0.2, 0) is 0 Å². The van der Waals surface area contributed by atoms with E-state index in [1.165, 1.54) is 77.4 Å². The highest BCUT2D eigenvalue weighted by molar-refractivity contribution is 6.11. The molecule has 0 aliphatic heterocycles. The van der Waals surface area contributed by atoms with E-state index < -0.39 is 0 Å². The number of hydrogen-bond donors (Lipinski definition) is 0. The lowest BCUT2D eigenvalue weighted by Crippen LogP contribution is -2.09. The first-order valence-electron chi connectivity index (χ1n) is 21.2. The van der Waals surface area contributed by atoms with E-state index in [0.717, 1.165) is 22.7 Å². The number of aromatic nitrogens is 1. The van der Waals surface area contributed by atoms with Crippen molar-refractivity contribution in [3.8, 4) is 61.3 Å². The van der Waals surface area contributed by atoms with E-state index >= 15 is 0 Å². The Morgan fingerprint density at radius 2 is 0.500 bits per heavy atom. The number of para-hydroxylation sites is 2. The molecule has 0 aliphatic carbocycles. The standard InChI is InChI=1S/C60H42N2/c1-5-13-43(14-6-1)48-29-35-55(36-30-48)61(53-17-9-3-10-18-53)56-37-31-49(32-38-56)47-23-21-45(22-24-47)46-25-27-50(28-26-46)52-34-40-60-58(42-52)57-41-51(44-15-7-2-8-16-44)33-39-59(57)62(60)54-19-11-4-12-20-54/h1-42H. The van der Waals surface area contributed by atoms with Crippen molar-refractivity contribution in [2.75, 3.05) is 4.90 Å². The van der Waals surface area contributed by atoms with Gasteiger partial charge >= 0.3 is 0 Å². The summed E-state index contributed by atoms with van der Waals surface area (Å²) in [5.41, 5.74) is 19.0. The second-order valence-corrected chi connectivity index (χ2v) is 15.8. The summed E-state index contributed by atoms with van der Waals surface area (Å²) in [5.74, 6) is 0. The minimum absolute atomic E-state index is 1.11. The van der Waals surface area contributed by atoms with Gasteiger partial charge in [-0.25, -0.2) is 0 Å². The van der Waals surface area contributed by atoms with E-state index in [4.69, 9.17) is 0 Å². The van der Waals surface area contributed by atoms with Crippen molar-refractivity contribution in [1.82, 2.24) is 4.57 Å². The van der Waals surface area contributed by atoms with Gasteiger partial charge in [0.2, 0.25) is 0 Å². The van der Waals surface area contributed by atoms with Crippen molar-refractivity contribution in [3.63, 3.8) is 0 Å². The Kier molecular flexibility index (Phi) is 9.57. The fourth-order valence-corrected chi connectivity index (χ4v) is 8.84. The van der Waals surface area contributed by atoms with E-state index in [1.807, 2.05) is 0 Å². The van der Waals surface area contributed by atoms with Gasteiger partial charge in [-0.05, 0) is 128 Å². The molecule has 0 unspecified atom stereocenters. The average Bonchev–Trinajstić information content (AvgIpc) is 3.69. The normalized spacial score (nSPS) is 11.2. The molecule has 0 saturated carbocycles. The third-order valence-corrected chi connectivity index (χ3v) is 12.0. The number of anilines is 3. The van der Waals surface area contributed by atoms with Gasteiger partial charge in [-0.2, -0.15) is 0 Å². The van der Waals surface area contributed by atoms with Gasteiger partial charge in [0.05, 0.1) is 11.0 Å². The molecule has 10 aromatic carbocycles. The fraction of sp³-hybridized carbons (Fsp3) is 0. The second-order valence-electron chi connectivity index (χ2n) is 15.8. The molecule has 0 aliphatic rings. The van der Waals surface area contributed by atoms with Crippen molar-refractivity contribution in [2.45, 2.75) is 0 Å². The molecule has 0 saturated heterocycles. The lowest BCUT2D eigenvalue weighted by molar-refractivity contribution is 1.18. The van der Waals surface area contributed by atoms with Gasteiger partial charge in [0, 0.05) is 33.5 Å². The van der Waals surface area contributed by atoms with E-state index in [0.29, 0.717) is 0 Å². The summed E-state index contributed by atoms with van der Waals surface area (Å²) in [5, 5.41) is 2.50. The summed E-state index contributed by atoms with van der Waals surface area (Å²) >= 11 is 0. The maximum absolute atomic E-state index is 2.38. The number of benzene rings is 10. The third-order valence-electron chi connectivity index (χ3n) is 12.0. The van der Waals surface area contributed by atoms with E-state index in [1.54, 1.807) is 0 Å².